The maximum absolute atomic E-state index is 9.51. The van der Waals surface area contributed by atoms with Gasteiger partial charge >= 0.3 is 0 Å². The molecular formula is C8H16Cl2O2. The molecule has 0 aromatic heterocycles. The normalized spacial score (nSPS) is 21.5. The smallest absolute Gasteiger partial charge is 0.0999 e. The van der Waals surface area contributed by atoms with Crippen molar-refractivity contribution in [2.45, 2.75) is 43.8 Å². The molecule has 0 aliphatic heterocycles. The van der Waals surface area contributed by atoms with Crippen molar-refractivity contribution in [3.8, 4) is 0 Å². The van der Waals surface area contributed by atoms with Crippen molar-refractivity contribution in [1.82, 2.24) is 0 Å². The summed E-state index contributed by atoms with van der Waals surface area (Å²) in [6.45, 7) is 3.55. The third-order valence-corrected chi connectivity index (χ3v) is 2.88. The van der Waals surface area contributed by atoms with Crippen LogP contribution in [0.5, 0.6) is 0 Å². The van der Waals surface area contributed by atoms with E-state index in [9.17, 15) is 10.2 Å². The van der Waals surface area contributed by atoms with Gasteiger partial charge in [-0.25, -0.2) is 0 Å². The molecule has 3 atom stereocenters. The van der Waals surface area contributed by atoms with E-state index in [2.05, 4.69) is 0 Å². The van der Waals surface area contributed by atoms with Crippen LogP contribution in [0, 0.1) is 0 Å². The molecule has 0 aromatic rings. The lowest BCUT2D eigenvalue weighted by Gasteiger charge is -2.29. The second-order valence-electron chi connectivity index (χ2n) is 3.21. The lowest BCUT2D eigenvalue weighted by Crippen LogP contribution is -2.44. The summed E-state index contributed by atoms with van der Waals surface area (Å²) in [6.07, 6.45) is -0.388. The van der Waals surface area contributed by atoms with Crippen molar-refractivity contribution in [2.75, 3.05) is 5.88 Å². The Bertz CT molecular complexity index is 128. The monoisotopic (exact) mass is 214 g/mol. The second-order valence-corrected chi connectivity index (χ2v) is 4.34. The molecule has 0 aromatic carbocycles. The number of aliphatic hydroxyl groups is 2. The minimum Gasteiger partial charge on any atom is -0.390 e. The van der Waals surface area contributed by atoms with Gasteiger partial charge in [-0.1, -0.05) is 13.3 Å². The Kier molecular flexibility index (Phi) is 5.50. The van der Waals surface area contributed by atoms with Gasteiger partial charge in [-0.15, -0.1) is 23.2 Å². The first-order valence-corrected chi connectivity index (χ1v) is 4.98. The van der Waals surface area contributed by atoms with Crippen molar-refractivity contribution < 1.29 is 10.2 Å². The third-order valence-electron chi connectivity index (χ3n) is 1.83. The van der Waals surface area contributed by atoms with Gasteiger partial charge in [0.2, 0.25) is 0 Å². The van der Waals surface area contributed by atoms with E-state index in [1.165, 1.54) is 0 Å². The van der Waals surface area contributed by atoms with E-state index in [4.69, 9.17) is 23.2 Å². The highest BCUT2D eigenvalue weighted by molar-refractivity contribution is 6.30. The highest BCUT2D eigenvalue weighted by atomic mass is 35.5. The predicted molar refractivity (Wildman–Crippen MR) is 51.9 cm³/mol. The molecule has 0 amide bonds. The van der Waals surface area contributed by atoms with Gasteiger partial charge in [0.15, 0.2) is 0 Å². The van der Waals surface area contributed by atoms with Crippen LogP contribution in [0.1, 0.15) is 26.7 Å². The molecule has 0 rings (SSSR count). The Morgan fingerprint density at radius 2 is 1.92 bits per heavy atom. The minimum atomic E-state index is -0.961. The molecule has 0 spiro atoms. The standard InChI is InChI=1S/C8H16Cl2O2/c1-3-4-6(11)7(12)8(2,10)5-9/h6-7,11-12H,3-5H2,1-2H3. The largest absolute Gasteiger partial charge is 0.390 e. The van der Waals surface area contributed by atoms with Gasteiger partial charge in [-0.05, 0) is 13.3 Å². The Morgan fingerprint density at radius 3 is 2.25 bits per heavy atom. The first kappa shape index (κ1) is 12.5. The van der Waals surface area contributed by atoms with E-state index in [0.29, 0.717) is 6.42 Å². The Morgan fingerprint density at radius 1 is 1.42 bits per heavy atom. The fourth-order valence-corrected chi connectivity index (χ4v) is 1.24. The molecule has 2 nitrogen and oxygen atoms in total. The fourth-order valence-electron chi connectivity index (χ4n) is 0.934. The van der Waals surface area contributed by atoms with Crippen LogP contribution in [0.15, 0.2) is 0 Å². The Labute approximate surface area is 83.5 Å². The number of alkyl halides is 2. The number of rotatable bonds is 5. The van der Waals surface area contributed by atoms with Gasteiger partial charge in [0.25, 0.3) is 0 Å². The number of aliphatic hydroxyl groups excluding tert-OH is 2. The van der Waals surface area contributed by atoms with Crippen LogP contribution in [0.2, 0.25) is 0 Å². The molecule has 0 aliphatic rings. The van der Waals surface area contributed by atoms with Gasteiger partial charge in [-0.2, -0.15) is 0 Å². The maximum Gasteiger partial charge on any atom is 0.0999 e. The topological polar surface area (TPSA) is 40.5 Å². The minimum absolute atomic E-state index is 0.122. The van der Waals surface area contributed by atoms with Gasteiger partial charge in [0.1, 0.15) is 0 Å². The third kappa shape index (κ3) is 3.48. The molecule has 2 N–H and O–H groups in total. The zero-order valence-electron chi connectivity index (χ0n) is 7.43. The van der Waals surface area contributed by atoms with Crippen LogP contribution in [0.25, 0.3) is 0 Å². The first-order chi connectivity index (χ1) is 5.45. The number of hydrogen-bond donors (Lipinski definition) is 2. The summed E-state index contributed by atoms with van der Waals surface area (Å²) in [6, 6.07) is 0. The summed E-state index contributed by atoms with van der Waals surface area (Å²) >= 11 is 11.4. The van der Waals surface area contributed by atoms with Gasteiger partial charge in [0, 0.05) is 5.88 Å². The molecule has 12 heavy (non-hydrogen) atoms. The molecule has 4 heteroatoms. The van der Waals surface area contributed by atoms with Crippen LogP contribution in [-0.2, 0) is 0 Å². The van der Waals surface area contributed by atoms with E-state index < -0.39 is 17.1 Å². The summed E-state index contributed by atoms with van der Waals surface area (Å²) in [7, 11) is 0. The average Bonchev–Trinajstić information content (AvgIpc) is 2.03. The lowest BCUT2D eigenvalue weighted by molar-refractivity contribution is -0.00350. The van der Waals surface area contributed by atoms with Crippen molar-refractivity contribution in [1.29, 1.82) is 0 Å². The van der Waals surface area contributed by atoms with Crippen LogP contribution in [0.4, 0.5) is 0 Å². The van der Waals surface area contributed by atoms with Gasteiger partial charge in [-0.3, -0.25) is 0 Å². The van der Waals surface area contributed by atoms with E-state index in [-0.39, 0.29) is 5.88 Å². The van der Waals surface area contributed by atoms with E-state index >= 15 is 0 Å². The van der Waals surface area contributed by atoms with E-state index in [0.717, 1.165) is 6.42 Å². The molecule has 3 unspecified atom stereocenters. The molecule has 0 bridgehead atoms. The summed E-state index contributed by atoms with van der Waals surface area (Å²) in [4.78, 5) is -0.934. The molecule has 0 saturated carbocycles. The van der Waals surface area contributed by atoms with Gasteiger partial charge in [0.05, 0.1) is 17.1 Å². The van der Waals surface area contributed by atoms with Crippen LogP contribution >= 0.6 is 23.2 Å². The highest BCUT2D eigenvalue weighted by Gasteiger charge is 2.34. The molecule has 0 aliphatic carbocycles. The van der Waals surface area contributed by atoms with Crippen LogP contribution in [0.3, 0.4) is 0 Å². The SMILES string of the molecule is CCCC(O)C(O)C(C)(Cl)CCl. The molecule has 0 saturated heterocycles. The van der Waals surface area contributed by atoms with Crippen LogP contribution < -0.4 is 0 Å². The summed E-state index contributed by atoms with van der Waals surface area (Å²) in [5.41, 5.74) is 0. The van der Waals surface area contributed by atoms with Crippen molar-refractivity contribution in [2.24, 2.45) is 0 Å². The summed E-state index contributed by atoms with van der Waals surface area (Å²) in [5, 5.41) is 18.9. The first-order valence-electron chi connectivity index (χ1n) is 4.06. The highest BCUT2D eigenvalue weighted by Crippen LogP contribution is 2.24. The van der Waals surface area contributed by atoms with Crippen molar-refractivity contribution in [3.63, 3.8) is 0 Å². The average molecular weight is 215 g/mol. The molecule has 0 heterocycles. The summed E-state index contributed by atoms with van der Waals surface area (Å²) in [5.74, 6) is 0.122. The molecule has 74 valence electrons. The zero-order chi connectivity index (χ0) is 9.78. The van der Waals surface area contributed by atoms with Gasteiger partial charge < -0.3 is 10.2 Å². The second kappa shape index (κ2) is 5.28. The lowest BCUT2D eigenvalue weighted by atomic mass is 9.98. The Hall–Kier alpha value is 0.500. The van der Waals surface area contributed by atoms with E-state index in [1.807, 2.05) is 6.92 Å². The van der Waals surface area contributed by atoms with Crippen molar-refractivity contribution in [3.05, 3.63) is 0 Å². The molecule has 0 fully saturated rings. The van der Waals surface area contributed by atoms with Crippen molar-refractivity contribution >= 4 is 23.2 Å². The number of hydrogen-bond acceptors (Lipinski definition) is 2. The number of halogens is 2. The predicted octanol–water partition coefficient (Wildman–Crippen LogP) is 1.74. The van der Waals surface area contributed by atoms with Crippen LogP contribution in [-0.4, -0.2) is 33.2 Å². The quantitative estimate of drug-likeness (QED) is 0.686. The zero-order valence-corrected chi connectivity index (χ0v) is 8.94. The molecule has 0 radical (unpaired) electrons. The maximum atomic E-state index is 9.51. The van der Waals surface area contributed by atoms with E-state index in [1.54, 1.807) is 6.92 Å². The summed E-state index contributed by atoms with van der Waals surface area (Å²) < 4.78 is 0. The Balaban J connectivity index is 4.07. The fraction of sp³-hybridized carbons (Fsp3) is 1.00. The molecular weight excluding hydrogens is 199 g/mol.